The van der Waals surface area contributed by atoms with Gasteiger partial charge >= 0.3 is 0 Å². The maximum atomic E-state index is 12.5. The fraction of sp³-hybridized carbons (Fsp3) is 0.533. The summed E-state index contributed by atoms with van der Waals surface area (Å²) in [4.78, 5) is 15.6. The van der Waals surface area contributed by atoms with E-state index >= 15 is 0 Å². The molecule has 104 valence electrons. The number of thioether (sulfide) groups is 1. The molecule has 1 aliphatic heterocycles. The van der Waals surface area contributed by atoms with Crippen LogP contribution in [0.2, 0.25) is 0 Å². The Kier molecular flexibility index (Phi) is 5.28. The van der Waals surface area contributed by atoms with E-state index in [0.29, 0.717) is 6.04 Å². The van der Waals surface area contributed by atoms with Gasteiger partial charge in [-0.3, -0.25) is 4.79 Å². The molecule has 2 rings (SSSR count). The largest absolute Gasteiger partial charge is 0.340 e. The minimum Gasteiger partial charge on any atom is -0.340 e. The highest BCUT2D eigenvalue weighted by Gasteiger charge is 2.28. The van der Waals surface area contributed by atoms with Crippen LogP contribution < -0.4 is 5.32 Å². The monoisotopic (exact) mass is 278 g/mol. The average molecular weight is 278 g/mol. The summed E-state index contributed by atoms with van der Waals surface area (Å²) in [6.07, 6.45) is 1.93. The first-order valence-corrected chi connectivity index (χ1v) is 7.79. The number of likely N-dealkylation sites (N-methyl/N-ethyl adjacent to an activating group) is 1. The Morgan fingerprint density at radius 2 is 2.21 bits per heavy atom. The van der Waals surface area contributed by atoms with Crippen LogP contribution in [-0.4, -0.2) is 42.2 Å². The predicted molar refractivity (Wildman–Crippen MR) is 80.4 cm³/mol. The molecule has 0 bridgehead atoms. The van der Waals surface area contributed by atoms with Gasteiger partial charge in [0.25, 0.3) is 0 Å². The summed E-state index contributed by atoms with van der Waals surface area (Å²) >= 11 is 1.67. The van der Waals surface area contributed by atoms with E-state index in [9.17, 15) is 4.79 Å². The second kappa shape index (κ2) is 6.96. The Bertz CT molecular complexity index is 404. The highest BCUT2D eigenvalue weighted by atomic mass is 32.2. The summed E-state index contributed by atoms with van der Waals surface area (Å²) in [5, 5.41) is 3.34. The third kappa shape index (κ3) is 3.74. The maximum Gasteiger partial charge on any atom is 0.236 e. The van der Waals surface area contributed by atoms with Gasteiger partial charge in [-0.15, -0.1) is 11.8 Å². The molecule has 0 aliphatic carbocycles. The lowest BCUT2D eigenvalue weighted by Gasteiger charge is -2.27. The molecule has 1 saturated heterocycles. The van der Waals surface area contributed by atoms with Crippen molar-refractivity contribution < 1.29 is 4.79 Å². The fourth-order valence-electron chi connectivity index (χ4n) is 2.35. The molecule has 1 fully saturated rings. The molecule has 1 aromatic rings. The van der Waals surface area contributed by atoms with Gasteiger partial charge in [0, 0.05) is 24.5 Å². The molecular formula is C15H22N2OS. The third-order valence-corrected chi connectivity index (χ3v) is 4.96. The summed E-state index contributed by atoms with van der Waals surface area (Å²) in [6, 6.07) is 10.5. The Labute approximate surface area is 119 Å². The SMILES string of the molecule is CCC(Sc1ccccc1)C(=O)N(C)C1CCNC1. The Morgan fingerprint density at radius 1 is 1.47 bits per heavy atom. The summed E-state index contributed by atoms with van der Waals surface area (Å²) in [5.41, 5.74) is 0. The number of hydrogen-bond donors (Lipinski definition) is 1. The van der Waals surface area contributed by atoms with Crippen molar-refractivity contribution in [1.29, 1.82) is 0 Å². The van der Waals surface area contributed by atoms with Crippen LogP contribution in [0.25, 0.3) is 0 Å². The smallest absolute Gasteiger partial charge is 0.236 e. The first-order valence-electron chi connectivity index (χ1n) is 6.91. The van der Waals surface area contributed by atoms with Crippen molar-refractivity contribution in [1.82, 2.24) is 10.2 Å². The maximum absolute atomic E-state index is 12.5. The third-order valence-electron chi connectivity index (χ3n) is 3.60. The zero-order chi connectivity index (χ0) is 13.7. The Morgan fingerprint density at radius 3 is 2.79 bits per heavy atom. The lowest BCUT2D eigenvalue weighted by molar-refractivity contribution is -0.131. The van der Waals surface area contributed by atoms with Crippen molar-refractivity contribution in [2.75, 3.05) is 20.1 Å². The molecule has 2 atom stereocenters. The van der Waals surface area contributed by atoms with Crippen LogP contribution in [0.1, 0.15) is 19.8 Å². The molecule has 0 aromatic heterocycles. The molecule has 3 nitrogen and oxygen atoms in total. The fourth-order valence-corrected chi connectivity index (χ4v) is 3.43. The van der Waals surface area contributed by atoms with Gasteiger partial charge in [-0.1, -0.05) is 25.1 Å². The van der Waals surface area contributed by atoms with E-state index in [1.54, 1.807) is 11.8 Å². The Hall–Kier alpha value is -1.00. The van der Waals surface area contributed by atoms with E-state index in [0.717, 1.165) is 25.9 Å². The van der Waals surface area contributed by atoms with Crippen LogP contribution in [0.3, 0.4) is 0 Å². The van der Waals surface area contributed by atoms with Crippen molar-refractivity contribution >= 4 is 17.7 Å². The molecule has 2 unspecified atom stereocenters. The van der Waals surface area contributed by atoms with Crippen LogP contribution in [0.15, 0.2) is 35.2 Å². The van der Waals surface area contributed by atoms with Crippen LogP contribution >= 0.6 is 11.8 Å². The van der Waals surface area contributed by atoms with E-state index in [4.69, 9.17) is 0 Å². The summed E-state index contributed by atoms with van der Waals surface area (Å²) in [7, 11) is 1.94. The molecule has 4 heteroatoms. The molecular weight excluding hydrogens is 256 g/mol. The van der Waals surface area contributed by atoms with Gasteiger partial charge in [0.05, 0.1) is 5.25 Å². The van der Waals surface area contributed by atoms with Crippen molar-refractivity contribution in [3.63, 3.8) is 0 Å². The minimum absolute atomic E-state index is 0.0213. The van der Waals surface area contributed by atoms with Crippen LogP contribution in [0, 0.1) is 0 Å². The molecule has 1 aromatic carbocycles. The summed E-state index contributed by atoms with van der Waals surface area (Å²) < 4.78 is 0. The first kappa shape index (κ1) is 14.4. The van der Waals surface area contributed by atoms with Crippen LogP contribution in [0.5, 0.6) is 0 Å². The molecule has 0 spiro atoms. The highest BCUT2D eigenvalue weighted by Crippen LogP contribution is 2.27. The standard InChI is InChI=1S/C15H22N2OS/c1-3-14(19-13-7-5-4-6-8-13)15(18)17(2)12-9-10-16-11-12/h4-8,12,14,16H,3,9-11H2,1-2H3. The van der Waals surface area contributed by atoms with E-state index < -0.39 is 0 Å². The van der Waals surface area contributed by atoms with E-state index in [-0.39, 0.29) is 11.2 Å². The number of carbonyl (C=O) groups is 1. The second-order valence-corrected chi connectivity index (χ2v) is 6.20. The van der Waals surface area contributed by atoms with Gasteiger partial charge < -0.3 is 10.2 Å². The van der Waals surface area contributed by atoms with Gasteiger partial charge in [0.1, 0.15) is 0 Å². The predicted octanol–water partition coefficient (Wildman–Crippen LogP) is 2.38. The van der Waals surface area contributed by atoms with Gasteiger partial charge in [-0.2, -0.15) is 0 Å². The topological polar surface area (TPSA) is 32.3 Å². The second-order valence-electron chi connectivity index (χ2n) is 4.92. The van der Waals surface area contributed by atoms with Crippen LogP contribution in [0.4, 0.5) is 0 Å². The zero-order valence-electron chi connectivity index (χ0n) is 11.6. The quantitative estimate of drug-likeness (QED) is 0.839. The van der Waals surface area contributed by atoms with E-state index in [1.165, 1.54) is 4.90 Å². The van der Waals surface area contributed by atoms with Crippen molar-refractivity contribution in [3.05, 3.63) is 30.3 Å². The molecule has 1 aliphatic rings. The van der Waals surface area contributed by atoms with Gasteiger partial charge in [-0.25, -0.2) is 0 Å². The number of carbonyl (C=O) groups excluding carboxylic acids is 1. The van der Waals surface area contributed by atoms with Gasteiger partial charge in [-0.05, 0) is 31.5 Å². The lowest BCUT2D eigenvalue weighted by Crippen LogP contribution is -2.42. The zero-order valence-corrected chi connectivity index (χ0v) is 12.5. The lowest BCUT2D eigenvalue weighted by atomic mass is 10.2. The van der Waals surface area contributed by atoms with Crippen molar-refractivity contribution in [3.8, 4) is 0 Å². The number of amides is 1. The number of benzene rings is 1. The van der Waals surface area contributed by atoms with Gasteiger partial charge in [0.2, 0.25) is 5.91 Å². The average Bonchev–Trinajstić information content (AvgIpc) is 2.98. The molecule has 0 saturated carbocycles. The molecule has 1 heterocycles. The number of nitrogens with zero attached hydrogens (tertiary/aromatic N) is 1. The number of nitrogens with one attached hydrogen (secondary N) is 1. The van der Waals surface area contributed by atoms with E-state index in [2.05, 4.69) is 24.4 Å². The number of hydrogen-bond acceptors (Lipinski definition) is 3. The molecule has 19 heavy (non-hydrogen) atoms. The Balaban J connectivity index is 1.98. The van der Waals surface area contributed by atoms with E-state index in [1.807, 2.05) is 30.1 Å². The normalized spacial score (nSPS) is 20.2. The van der Waals surface area contributed by atoms with Crippen molar-refractivity contribution in [2.24, 2.45) is 0 Å². The summed E-state index contributed by atoms with van der Waals surface area (Å²) in [5.74, 6) is 0.255. The highest BCUT2D eigenvalue weighted by molar-refractivity contribution is 8.00. The van der Waals surface area contributed by atoms with Crippen LogP contribution in [-0.2, 0) is 4.79 Å². The molecule has 1 amide bonds. The molecule has 0 radical (unpaired) electrons. The van der Waals surface area contributed by atoms with Crippen molar-refractivity contribution in [2.45, 2.75) is 36.0 Å². The first-order chi connectivity index (χ1) is 9.22. The minimum atomic E-state index is 0.0213. The summed E-state index contributed by atoms with van der Waals surface area (Å²) in [6.45, 7) is 4.03. The number of rotatable bonds is 5. The molecule has 1 N–H and O–H groups in total. The van der Waals surface area contributed by atoms with Gasteiger partial charge in [0.15, 0.2) is 0 Å².